The number of carbonyl (C=O) groups is 1. The number of fused-ring (bicyclic) bond motifs is 3. The molecule has 2 aliphatic rings. The topological polar surface area (TPSA) is 47.6 Å². The number of rotatable bonds is 2. The van der Waals surface area contributed by atoms with Gasteiger partial charge in [0, 0.05) is 30.7 Å². The summed E-state index contributed by atoms with van der Waals surface area (Å²) in [7, 11) is 0. The van der Waals surface area contributed by atoms with Gasteiger partial charge in [-0.2, -0.15) is 0 Å². The first-order chi connectivity index (χ1) is 13.3. The standard InChI is InChI=1S/C24H29NO3/c1-15(26)28-18-8-5-7-16(13-18)22-19-9-6-12-27-23(19)20-14-17(24(2,3)4)10-11-21(20)25-22/h5,7-8,10-11,13-14,19,22-23,25H,6,9,12H2,1-4H3/t19-,22-,23-/m0/s1. The Labute approximate surface area is 167 Å². The van der Waals surface area contributed by atoms with Crippen LogP contribution in [0.4, 0.5) is 5.69 Å². The zero-order valence-electron chi connectivity index (χ0n) is 17.1. The molecule has 0 unspecified atom stereocenters. The molecule has 0 saturated carbocycles. The van der Waals surface area contributed by atoms with Crippen molar-refractivity contribution in [2.75, 3.05) is 11.9 Å². The van der Waals surface area contributed by atoms with Crippen molar-refractivity contribution in [1.82, 2.24) is 0 Å². The normalized spacial score (nSPS) is 23.9. The quantitative estimate of drug-likeness (QED) is 0.549. The lowest BCUT2D eigenvalue weighted by Gasteiger charge is -2.44. The maximum Gasteiger partial charge on any atom is 0.308 e. The summed E-state index contributed by atoms with van der Waals surface area (Å²) in [5.74, 6) is 0.644. The van der Waals surface area contributed by atoms with E-state index in [1.807, 2.05) is 18.2 Å². The molecule has 0 aromatic heterocycles. The molecule has 2 aromatic carbocycles. The van der Waals surface area contributed by atoms with Gasteiger partial charge in [-0.1, -0.05) is 45.0 Å². The average Bonchev–Trinajstić information content (AvgIpc) is 2.66. The third-order valence-electron chi connectivity index (χ3n) is 5.81. The monoisotopic (exact) mass is 379 g/mol. The van der Waals surface area contributed by atoms with Crippen LogP contribution in [0.5, 0.6) is 5.75 Å². The molecule has 2 heterocycles. The summed E-state index contributed by atoms with van der Waals surface area (Å²) in [5.41, 5.74) is 4.97. The van der Waals surface area contributed by atoms with Crippen molar-refractivity contribution < 1.29 is 14.3 Å². The number of hydrogen-bond donors (Lipinski definition) is 1. The number of hydrogen-bond acceptors (Lipinski definition) is 4. The summed E-state index contributed by atoms with van der Waals surface area (Å²) in [5, 5.41) is 3.75. The minimum absolute atomic E-state index is 0.0923. The van der Waals surface area contributed by atoms with E-state index in [2.05, 4.69) is 50.4 Å². The largest absolute Gasteiger partial charge is 0.427 e. The van der Waals surface area contributed by atoms with E-state index >= 15 is 0 Å². The summed E-state index contributed by atoms with van der Waals surface area (Å²) >= 11 is 0. The van der Waals surface area contributed by atoms with E-state index in [0.29, 0.717) is 11.7 Å². The molecule has 28 heavy (non-hydrogen) atoms. The molecule has 0 bridgehead atoms. The van der Waals surface area contributed by atoms with Gasteiger partial charge in [-0.05, 0) is 47.6 Å². The zero-order chi connectivity index (χ0) is 19.9. The van der Waals surface area contributed by atoms with Gasteiger partial charge in [-0.3, -0.25) is 4.79 Å². The highest BCUT2D eigenvalue weighted by atomic mass is 16.5. The van der Waals surface area contributed by atoms with E-state index in [1.165, 1.54) is 18.1 Å². The number of esters is 1. The third kappa shape index (κ3) is 3.66. The minimum atomic E-state index is -0.298. The number of ether oxygens (including phenoxy) is 2. The molecule has 2 aliphatic heterocycles. The van der Waals surface area contributed by atoms with Crippen LogP contribution >= 0.6 is 0 Å². The van der Waals surface area contributed by atoms with Gasteiger partial charge in [0.05, 0.1) is 12.1 Å². The minimum Gasteiger partial charge on any atom is -0.427 e. The van der Waals surface area contributed by atoms with E-state index < -0.39 is 0 Å². The molecule has 1 fully saturated rings. The first-order valence-corrected chi connectivity index (χ1v) is 10.1. The fourth-order valence-electron chi connectivity index (χ4n) is 4.40. The molecular formula is C24H29NO3. The summed E-state index contributed by atoms with van der Waals surface area (Å²) in [4.78, 5) is 11.3. The Morgan fingerprint density at radius 3 is 2.75 bits per heavy atom. The first kappa shape index (κ1) is 19.0. The molecule has 0 spiro atoms. The maximum atomic E-state index is 11.3. The van der Waals surface area contributed by atoms with E-state index in [-0.39, 0.29) is 23.5 Å². The predicted octanol–water partition coefficient (Wildman–Crippen LogP) is 5.54. The van der Waals surface area contributed by atoms with Crippen molar-refractivity contribution in [2.24, 2.45) is 5.92 Å². The molecule has 3 atom stereocenters. The summed E-state index contributed by atoms with van der Waals surface area (Å²) in [6.45, 7) is 8.97. The van der Waals surface area contributed by atoms with Gasteiger partial charge in [-0.15, -0.1) is 0 Å². The number of anilines is 1. The number of benzene rings is 2. The van der Waals surface area contributed by atoms with E-state index in [0.717, 1.165) is 30.7 Å². The van der Waals surface area contributed by atoms with Gasteiger partial charge in [0.15, 0.2) is 0 Å². The summed E-state index contributed by atoms with van der Waals surface area (Å²) < 4.78 is 11.6. The molecule has 0 radical (unpaired) electrons. The van der Waals surface area contributed by atoms with Gasteiger partial charge in [0.1, 0.15) is 5.75 Å². The van der Waals surface area contributed by atoms with Crippen LogP contribution in [-0.2, 0) is 14.9 Å². The SMILES string of the molecule is CC(=O)Oc1cccc([C@@H]2Nc3ccc(C(C)(C)C)cc3[C@H]3OCCC[C@H]32)c1. The van der Waals surface area contributed by atoms with Gasteiger partial charge in [0.2, 0.25) is 0 Å². The second-order valence-corrected chi connectivity index (χ2v) is 8.94. The second-order valence-electron chi connectivity index (χ2n) is 8.94. The maximum absolute atomic E-state index is 11.3. The molecule has 2 aromatic rings. The van der Waals surface area contributed by atoms with Crippen molar-refractivity contribution in [1.29, 1.82) is 0 Å². The highest BCUT2D eigenvalue weighted by Gasteiger charge is 2.40. The Morgan fingerprint density at radius 2 is 2.00 bits per heavy atom. The molecule has 4 heteroatoms. The van der Waals surface area contributed by atoms with E-state index in [1.54, 1.807) is 0 Å². The smallest absolute Gasteiger partial charge is 0.308 e. The van der Waals surface area contributed by atoms with Crippen molar-refractivity contribution in [3.8, 4) is 5.75 Å². The van der Waals surface area contributed by atoms with Crippen LogP contribution < -0.4 is 10.1 Å². The Balaban J connectivity index is 1.73. The molecule has 0 aliphatic carbocycles. The van der Waals surface area contributed by atoms with Crippen LogP contribution in [0.2, 0.25) is 0 Å². The van der Waals surface area contributed by atoms with E-state index in [4.69, 9.17) is 9.47 Å². The molecule has 1 N–H and O–H groups in total. The fourth-order valence-corrected chi connectivity index (χ4v) is 4.40. The highest BCUT2D eigenvalue weighted by Crippen LogP contribution is 2.50. The highest BCUT2D eigenvalue weighted by molar-refractivity contribution is 5.69. The van der Waals surface area contributed by atoms with Crippen LogP contribution in [0.1, 0.15) is 69.4 Å². The van der Waals surface area contributed by atoms with Crippen molar-refractivity contribution in [3.05, 3.63) is 59.2 Å². The van der Waals surface area contributed by atoms with Crippen molar-refractivity contribution >= 4 is 11.7 Å². The summed E-state index contributed by atoms with van der Waals surface area (Å²) in [6.07, 6.45) is 2.27. The Morgan fingerprint density at radius 1 is 1.18 bits per heavy atom. The molecule has 4 rings (SSSR count). The zero-order valence-corrected chi connectivity index (χ0v) is 17.1. The molecule has 0 amide bonds. The van der Waals surface area contributed by atoms with Crippen LogP contribution in [0.3, 0.4) is 0 Å². The third-order valence-corrected chi connectivity index (χ3v) is 5.81. The van der Waals surface area contributed by atoms with Crippen LogP contribution in [0, 0.1) is 5.92 Å². The molecule has 4 nitrogen and oxygen atoms in total. The van der Waals surface area contributed by atoms with Crippen LogP contribution in [-0.4, -0.2) is 12.6 Å². The van der Waals surface area contributed by atoms with Crippen molar-refractivity contribution in [3.63, 3.8) is 0 Å². The van der Waals surface area contributed by atoms with Crippen molar-refractivity contribution in [2.45, 2.75) is 58.1 Å². The second kappa shape index (κ2) is 7.25. The Hall–Kier alpha value is -2.33. The fraction of sp³-hybridized carbons (Fsp3) is 0.458. The van der Waals surface area contributed by atoms with Gasteiger partial charge in [0.25, 0.3) is 0 Å². The molecule has 1 saturated heterocycles. The lowest BCUT2D eigenvalue weighted by atomic mass is 9.76. The predicted molar refractivity (Wildman–Crippen MR) is 111 cm³/mol. The molecule has 148 valence electrons. The van der Waals surface area contributed by atoms with Gasteiger partial charge in [-0.25, -0.2) is 0 Å². The lowest BCUT2D eigenvalue weighted by molar-refractivity contribution is -0.131. The first-order valence-electron chi connectivity index (χ1n) is 10.1. The lowest BCUT2D eigenvalue weighted by Crippen LogP contribution is -2.36. The Kier molecular flexibility index (Phi) is 4.92. The van der Waals surface area contributed by atoms with Crippen LogP contribution in [0.15, 0.2) is 42.5 Å². The van der Waals surface area contributed by atoms with Gasteiger partial charge < -0.3 is 14.8 Å². The number of carbonyl (C=O) groups excluding carboxylic acids is 1. The Bertz CT molecular complexity index is 884. The number of nitrogens with one attached hydrogen (secondary N) is 1. The van der Waals surface area contributed by atoms with Gasteiger partial charge >= 0.3 is 5.97 Å². The van der Waals surface area contributed by atoms with E-state index in [9.17, 15) is 4.79 Å². The summed E-state index contributed by atoms with van der Waals surface area (Å²) in [6, 6.07) is 14.7. The average molecular weight is 380 g/mol. The molecular weight excluding hydrogens is 350 g/mol. The van der Waals surface area contributed by atoms with Crippen LogP contribution in [0.25, 0.3) is 0 Å².